The van der Waals surface area contributed by atoms with Crippen molar-refractivity contribution in [1.29, 1.82) is 0 Å². The van der Waals surface area contributed by atoms with Gasteiger partial charge in [-0.3, -0.25) is 4.98 Å². The van der Waals surface area contributed by atoms with E-state index < -0.39 is 0 Å². The van der Waals surface area contributed by atoms with Gasteiger partial charge in [-0.1, -0.05) is 6.92 Å². The molecule has 0 aliphatic rings. The van der Waals surface area contributed by atoms with Crippen molar-refractivity contribution < 1.29 is 9.13 Å². The number of hydrogen-bond acceptors (Lipinski definition) is 3. The van der Waals surface area contributed by atoms with Crippen molar-refractivity contribution in [1.82, 2.24) is 4.98 Å². The number of rotatable bonds is 4. The van der Waals surface area contributed by atoms with Crippen LogP contribution in [0.2, 0.25) is 0 Å². The van der Waals surface area contributed by atoms with Crippen molar-refractivity contribution in [3.63, 3.8) is 0 Å². The normalized spacial score (nSPS) is 12.2. The number of pyridine rings is 1. The molecule has 0 bridgehead atoms. The zero-order chi connectivity index (χ0) is 13.8. The van der Waals surface area contributed by atoms with Gasteiger partial charge in [0.1, 0.15) is 17.3 Å². The molecular formula is C15H17FN2O. The molecule has 2 rings (SSSR count). The molecule has 0 unspecified atom stereocenters. The third-order valence-corrected chi connectivity index (χ3v) is 2.94. The Balaban J connectivity index is 2.15. The molecule has 1 aromatic heterocycles. The lowest BCUT2D eigenvalue weighted by Crippen LogP contribution is -2.10. The van der Waals surface area contributed by atoms with Gasteiger partial charge in [-0.05, 0) is 49.2 Å². The SMILES string of the molecule is CC[C@H](N)c1ccc(Oc2ccc(F)cc2C)cn1. The topological polar surface area (TPSA) is 48.1 Å². The van der Waals surface area contributed by atoms with E-state index in [0.29, 0.717) is 11.5 Å². The van der Waals surface area contributed by atoms with Crippen LogP contribution < -0.4 is 10.5 Å². The standard InChI is InChI=1S/C15H17FN2O/c1-3-13(17)14-6-5-12(9-18-14)19-15-7-4-11(16)8-10(15)2/h4-9,13H,3,17H2,1-2H3/t13-/m0/s1. The molecule has 2 aromatic rings. The molecule has 0 saturated carbocycles. The molecule has 1 aromatic carbocycles. The summed E-state index contributed by atoms with van der Waals surface area (Å²) >= 11 is 0. The summed E-state index contributed by atoms with van der Waals surface area (Å²) in [5, 5.41) is 0. The van der Waals surface area contributed by atoms with Gasteiger partial charge < -0.3 is 10.5 Å². The van der Waals surface area contributed by atoms with Crippen LogP contribution >= 0.6 is 0 Å². The highest BCUT2D eigenvalue weighted by Crippen LogP contribution is 2.25. The van der Waals surface area contributed by atoms with Crippen LogP contribution in [0.1, 0.15) is 30.6 Å². The highest BCUT2D eigenvalue weighted by atomic mass is 19.1. The number of ether oxygens (including phenoxy) is 1. The molecule has 19 heavy (non-hydrogen) atoms. The first-order valence-electron chi connectivity index (χ1n) is 6.25. The van der Waals surface area contributed by atoms with Gasteiger partial charge in [-0.25, -0.2) is 4.39 Å². The van der Waals surface area contributed by atoms with Crippen LogP contribution in [0, 0.1) is 12.7 Å². The summed E-state index contributed by atoms with van der Waals surface area (Å²) in [6.07, 6.45) is 2.47. The summed E-state index contributed by atoms with van der Waals surface area (Å²) in [7, 11) is 0. The predicted molar refractivity (Wildman–Crippen MR) is 72.7 cm³/mol. The van der Waals surface area contributed by atoms with Crippen molar-refractivity contribution in [3.8, 4) is 11.5 Å². The van der Waals surface area contributed by atoms with Gasteiger partial charge in [-0.15, -0.1) is 0 Å². The number of nitrogens with zero attached hydrogens (tertiary/aromatic N) is 1. The number of hydrogen-bond donors (Lipinski definition) is 1. The smallest absolute Gasteiger partial charge is 0.145 e. The van der Waals surface area contributed by atoms with E-state index in [1.165, 1.54) is 12.1 Å². The molecule has 2 N–H and O–H groups in total. The Kier molecular flexibility index (Phi) is 4.12. The van der Waals surface area contributed by atoms with Crippen LogP contribution in [0.5, 0.6) is 11.5 Å². The van der Waals surface area contributed by atoms with E-state index in [9.17, 15) is 4.39 Å². The third-order valence-electron chi connectivity index (χ3n) is 2.94. The molecule has 4 heteroatoms. The quantitative estimate of drug-likeness (QED) is 0.911. The summed E-state index contributed by atoms with van der Waals surface area (Å²) in [5.41, 5.74) is 7.48. The Bertz CT molecular complexity index is 555. The van der Waals surface area contributed by atoms with Gasteiger partial charge >= 0.3 is 0 Å². The molecule has 0 fully saturated rings. The minimum Gasteiger partial charge on any atom is -0.455 e. The minimum atomic E-state index is -0.271. The van der Waals surface area contributed by atoms with Crippen LogP contribution in [0.4, 0.5) is 4.39 Å². The van der Waals surface area contributed by atoms with Crippen molar-refractivity contribution in [2.75, 3.05) is 0 Å². The van der Waals surface area contributed by atoms with Gasteiger partial charge in [0.15, 0.2) is 0 Å². The number of aryl methyl sites for hydroxylation is 1. The highest BCUT2D eigenvalue weighted by molar-refractivity contribution is 5.36. The monoisotopic (exact) mass is 260 g/mol. The summed E-state index contributed by atoms with van der Waals surface area (Å²) < 4.78 is 18.6. The van der Waals surface area contributed by atoms with E-state index in [0.717, 1.165) is 17.7 Å². The average molecular weight is 260 g/mol. The van der Waals surface area contributed by atoms with Crippen molar-refractivity contribution in [2.24, 2.45) is 5.73 Å². The maximum atomic E-state index is 13.0. The summed E-state index contributed by atoms with van der Waals surface area (Å²) in [4.78, 5) is 4.27. The number of nitrogens with two attached hydrogens (primary N) is 1. The Morgan fingerprint density at radius 2 is 2.11 bits per heavy atom. The van der Waals surface area contributed by atoms with Gasteiger partial charge in [0.05, 0.1) is 11.9 Å². The second kappa shape index (κ2) is 5.80. The molecular weight excluding hydrogens is 243 g/mol. The molecule has 0 aliphatic heterocycles. The molecule has 0 amide bonds. The summed E-state index contributed by atoms with van der Waals surface area (Å²) in [6.45, 7) is 3.81. The lowest BCUT2D eigenvalue weighted by Gasteiger charge is -2.11. The van der Waals surface area contributed by atoms with Crippen molar-refractivity contribution >= 4 is 0 Å². The second-order valence-corrected chi connectivity index (χ2v) is 4.45. The van der Waals surface area contributed by atoms with Crippen molar-refractivity contribution in [3.05, 3.63) is 53.6 Å². The first-order chi connectivity index (χ1) is 9.10. The Hall–Kier alpha value is -1.94. The van der Waals surface area contributed by atoms with E-state index in [1.54, 1.807) is 19.2 Å². The molecule has 1 heterocycles. The van der Waals surface area contributed by atoms with Crippen LogP contribution in [0.25, 0.3) is 0 Å². The average Bonchev–Trinajstić information content (AvgIpc) is 2.42. The molecule has 100 valence electrons. The fourth-order valence-electron chi connectivity index (χ4n) is 1.73. The Morgan fingerprint density at radius 3 is 2.68 bits per heavy atom. The summed E-state index contributed by atoms with van der Waals surface area (Å²) in [5.74, 6) is 0.963. The Morgan fingerprint density at radius 1 is 1.32 bits per heavy atom. The Labute approximate surface area is 112 Å². The first kappa shape index (κ1) is 13.5. The molecule has 0 spiro atoms. The van der Waals surface area contributed by atoms with Gasteiger partial charge in [0.25, 0.3) is 0 Å². The minimum absolute atomic E-state index is 0.0541. The van der Waals surface area contributed by atoms with Gasteiger partial charge in [-0.2, -0.15) is 0 Å². The zero-order valence-corrected chi connectivity index (χ0v) is 11.1. The van der Waals surface area contributed by atoms with Gasteiger partial charge in [0.2, 0.25) is 0 Å². The third kappa shape index (κ3) is 3.29. The maximum Gasteiger partial charge on any atom is 0.145 e. The summed E-state index contributed by atoms with van der Waals surface area (Å²) in [6, 6.07) is 8.03. The zero-order valence-electron chi connectivity index (χ0n) is 11.1. The van der Waals surface area contributed by atoms with E-state index in [-0.39, 0.29) is 11.9 Å². The van der Waals surface area contributed by atoms with Crippen LogP contribution in [-0.2, 0) is 0 Å². The largest absolute Gasteiger partial charge is 0.455 e. The molecule has 1 atom stereocenters. The highest BCUT2D eigenvalue weighted by Gasteiger charge is 2.06. The number of halogens is 1. The van der Waals surface area contributed by atoms with Crippen LogP contribution in [-0.4, -0.2) is 4.98 Å². The first-order valence-corrected chi connectivity index (χ1v) is 6.25. The lowest BCUT2D eigenvalue weighted by atomic mass is 10.1. The lowest BCUT2D eigenvalue weighted by molar-refractivity contribution is 0.473. The molecule has 0 saturated heterocycles. The fourth-order valence-corrected chi connectivity index (χ4v) is 1.73. The van der Waals surface area contributed by atoms with Crippen LogP contribution in [0.3, 0.4) is 0 Å². The second-order valence-electron chi connectivity index (χ2n) is 4.45. The van der Waals surface area contributed by atoms with E-state index in [1.807, 2.05) is 19.1 Å². The van der Waals surface area contributed by atoms with Crippen LogP contribution in [0.15, 0.2) is 36.5 Å². The van der Waals surface area contributed by atoms with E-state index >= 15 is 0 Å². The fraction of sp³-hybridized carbons (Fsp3) is 0.267. The van der Waals surface area contributed by atoms with Crippen molar-refractivity contribution in [2.45, 2.75) is 26.3 Å². The van der Waals surface area contributed by atoms with Gasteiger partial charge in [0, 0.05) is 6.04 Å². The number of benzene rings is 1. The van der Waals surface area contributed by atoms with E-state index in [2.05, 4.69) is 4.98 Å². The number of aromatic nitrogens is 1. The maximum absolute atomic E-state index is 13.0. The molecule has 3 nitrogen and oxygen atoms in total. The molecule has 0 aliphatic carbocycles. The predicted octanol–water partition coefficient (Wildman–Crippen LogP) is 3.73. The molecule has 0 radical (unpaired) electrons. The van der Waals surface area contributed by atoms with E-state index in [4.69, 9.17) is 10.5 Å².